The summed E-state index contributed by atoms with van der Waals surface area (Å²) in [4.78, 5) is 12.3. The fraction of sp³-hybridized carbons (Fsp3) is 0.133. The molecule has 0 bridgehead atoms. The van der Waals surface area contributed by atoms with Gasteiger partial charge in [-0.2, -0.15) is 0 Å². The van der Waals surface area contributed by atoms with Gasteiger partial charge in [0.25, 0.3) is 0 Å². The number of para-hydroxylation sites is 1. The maximum atomic E-state index is 12.9. The maximum absolute atomic E-state index is 12.9. The zero-order chi connectivity index (χ0) is 13.8. The lowest BCUT2D eigenvalue weighted by molar-refractivity contribution is 0.103. The van der Waals surface area contributed by atoms with Crippen LogP contribution in [0.1, 0.15) is 15.9 Å². The first kappa shape index (κ1) is 13.1. The van der Waals surface area contributed by atoms with Gasteiger partial charge < -0.3 is 9.47 Å². The summed E-state index contributed by atoms with van der Waals surface area (Å²) < 4.78 is 23.2. The quantitative estimate of drug-likeness (QED) is 0.792. The molecule has 0 saturated heterocycles. The molecule has 19 heavy (non-hydrogen) atoms. The molecule has 0 aliphatic carbocycles. The van der Waals surface area contributed by atoms with Crippen molar-refractivity contribution in [2.45, 2.75) is 0 Å². The van der Waals surface area contributed by atoms with Gasteiger partial charge in [0.15, 0.2) is 17.3 Å². The van der Waals surface area contributed by atoms with E-state index in [1.807, 2.05) is 0 Å². The van der Waals surface area contributed by atoms with Crippen molar-refractivity contribution < 1.29 is 18.7 Å². The van der Waals surface area contributed by atoms with E-state index in [-0.39, 0.29) is 11.6 Å². The second-order valence-corrected chi connectivity index (χ2v) is 3.88. The number of ether oxygens (including phenoxy) is 2. The van der Waals surface area contributed by atoms with Crippen molar-refractivity contribution >= 4 is 5.78 Å². The summed E-state index contributed by atoms with van der Waals surface area (Å²) in [7, 11) is 2.98. The lowest BCUT2D eigenvalue weighted by Crippen LogP contribution is -2.05. The molecule has 0 N–H and O–H groups in total. The van der Waals surface area contributed by atoms with E-state index in [1.54, 1.807) is 18.2 Å². The van der Waals surface area contributed by atoms with Crippen LogP contribution in [-0.2, 0) is 0 Å². The molecular formula is C15H13FO3. The number of benzene rings is 2. The number of carbonyl (C=O) groups is 1. The standard InChI is InChI=1S/C15H13FO3/c1-18-13-5-3-4-12(15(13)19-2)14(17)10-6-8-11(16)9-7-10/h3-9H,1-2H3. The molecule has 0 aromatic heterocycles. The number of ketones is 1. The number of methoxy groups -OCH3 is 2. The van der Waals surface area contributed by atoms with E-state index in [0.29, 0.717) is 22.6 Å². The maximum Gasteiger partial charge on any atom is 0.196 e. The third-order valence-electron chi connectivity index (χ3n) is 2.75. The summed E-state index contributed by atoms with van der Waals surface area (Å²) >= 11 is 0. The zero-order valence-electron chi connectivity index (χ0n) is 10.6. The van der Waals surface area contributed by atoms with Crippen LogP contribution in [0.4, 0.5) is 4.39 Å². The molecule has 0 aliphatic heterocycles. The van der Waals surface area contributed by atoms with E-state index in [0.717, 1.165) is 0 Å². The molecule has 2 rings (SSSR count). The minimum absolute atomic E-state index is 0.240. The Morgan fingerprint density at radius 1 is 1.00 bits per heavy atom. The van der Waals surface area contributed by atoms with E-state index in [9.17, 15) is 9.18 Å². The average molecular weight is 260 g/mol. The molecule has 2 aromatic carbocycles. The highest BCUT2D eigenvalue weighted by Gasteiger charge is 2.17. The molecule has 98 valence electrons. The molecular weight excluding hydrogens is 247 g/mol. The Labute approximate surface area is 110 Å². The van der Waals surface area contributed by atoms with Crippen LogP contribution in [0.15, 0.2) is 42.5 Å². The topological polar surface area (TPSA) is 35.5 Å². The second-order valence-electron chi connectivity index (χ2n) is 3.88. The Balaban J connectivity index is 2.46. The second kappa shape index (κ2) is 5.52. The summed E-state index contributed by atoms with van der Waals surface area (Å²) in [6.07, 6.45) is 0. The molecule has 0 fully saturated rings. The third kappa shape index (κ3) is 2.57. The smallest absolute Gasteiger partial charge is 0.196 e. The monoisotopic (exact) mass is 260 g/mol. The van der Waals surface area contributed by atoms with E-state index >= 15 is 0 Å². The van der Waals surface area contributed by atoms with Gasteiger partial charge in [-0.15, -0.1) is 0 Å². The van der Waals surface area contributed by atoms with E-state index in [1.165, 1.54) is 38.5 Å². The van der Waals surface area contributed by atoms with Crippen LogP contribution in [-0.4, -0.2) is 20.0 Å². The number of hydrogen-bond acceptors (Lipinski definition) is 3. The number of rotatable bonds is 4. The van der Waals surface area contributed by atoms with Gasteiger partial charge in [0.2, 0.25) is 0 Å². The lowest BCUT2D eigenvalue weighted by Gasteiger charge is -2.11. The Hall–Kier alpha value is -2.36. The number of halogens is 1. The highest BCUT2D eigenvalue weighted by molar-refractivity contribution is 6.11. The van der Waals surface area contributed by atoms with Crippen LogP contribution < -0.4 is 9.47 Å². The van der Waals surface area contributed by atoms with Gasteiger partial charge in [0.05, 0.1) is 19.8 Å². The van der Waals surface area contributed by atoms with Crippen molar-refractivity contribution in [2.75, 3.05) is 14.2 Å². The minimum atomic E-state index is -0.380. The lowest BCUT2D eigenvalue weighted by atomic mass is 10.0. The van der Waals surface area contributed by atoms with Crippen LogP contribution in [0, 0.1) is 5.82 Å². The Morgan fingerprint density at radius 3 is 2.26 bits per heavy atom. The Morgan fingerprint density at radius 2 is 1.68 bits per heavy atom. The first-order valence-corrected chi connectivity index (χ1v) is 5.68. The third-order valence-corrected chi connectivity index (χ3v) is 2.75. The largest absolute Gasteiger partial charge is 0.493 e. The highest BCUT2D eigenvalue weighted by atomic mass is 19.1. The molecule has 0 radical (unpaired) electrons. The summed E-state index contributed by atoms with van der Waals surface area (Å²) in [6.45, 7) is 0. The predicted molar refractivity (Wildman–Crippen MR) is 69.4 cm³/mol. The number of carbonyl (C=O) groups excluding carboxylic acids is 1. The average Bonchev–Trinajstić information content (AvgIpc) is 2.46. The first-order valence-electron chi connectivity index (χ1n) is 5.68. The normalized spacial score (nSPS) is 10.1. The summed E-state index contributed by atoms with van der Waals surface area (Å²) in [5.41, 5.74) is 0.779. The van der Waals surface area contributed by atoms with Crippen molar-refractivity contribution in [2.24, 2.45) is 0 Å². The fourth-order valence-corrected chi connectivity index (χ4v) is 1.82. The van der Waals surface area contributed by atoms with Gasteiger partial charge >= 0.3 is 0 Å². The molecule has 0 aliphatic rings. The van der Waals surface area contributed by atoms with Crippen molar-refractivity contribution in [1.82, 2.24) is 0 Å². The predicted octanol–water partition coefficient (Wildman–Crippen LogP) is 3.07. The van der Waals surface area contributed by atoms with Crippen molar-refractivity contribution in [1.29, 1.82) is 0 Å². The zero-order valence-corrected chi connectivity index (χ0v) is 10.6. The molecule has 0 amide bonds. The molecule has 0 spiro atoms. The summed E-state index contributed by atoms with van der Waals surface area (Å²) in [6, 6.07) is 10.4. The van der Waals surface area contributed by atoms with Gasteiger partial charge in [0.1, 0.15) is 5.82 Å². The van der Waals surface area contributed by atoms with Crippen LogP contribution in [0.5, 0.6) is 11.5 Å². The van der Waals surface area contributed by atoms with Crippen LogP contribution in [0.3, 0.4) is 0 Å². The molecule has 4 heteroatoms. The van der Waals surface area contributed by atoms with Gasteiger partial charge in [-0.1, -0.05) is 6.07 Å². The summed E-state index contributed by atoms with van der Waals surface area (Å²) in [5, 5.41) is 0. The van der Waals surface area contributed by atoms with Crippen LogP contribution in [0.25, 0.3) is 0 Å². The van der Waals surface area contributed by atoms with Crippen LogP contribution in [0.2, 0.25) is 0 Å². The highest BCUT2D eigenvalue weighted by Crippen LogP contribution is 2.32. The van der Waals surface area contributed by atoms with Crippen molar-refractivity contribution in [3.63, 3.8) is 0 Å². The SMILES string of the molecule is COc1cccc(C(=O)c2ccc(F)cc2)c1OC. The van der Waals surface area contributed by atoms with Crippen LogP contribution >= 0.6 is 0 Å². The van der Waals surface area contributed by atoms with Gasteiger partial charge in [-0.05, 0) is 36.4 Å². The fourth-order valence-electron chi connectivity index (χ4n) is 1.82. The Kier molecular flexibility index (Phi) is 3.80. The molecule has 2 aromatic rings. The van der Waals surface area contributed by atoms with Gasteiger partial charge in [0, 0.05) is 5.56 Å². The molecule has 0 heterocycles. The van der Waals surface area contributed by atoms with Gasteiger partial charge in [-0.25, -0.2) is 4.39 Å². The molecule has 3 nitrogen and oxygen atoms in total. The summed E-state index contributed by atoms with van der Waals surface area (Å²) in [5.74, 6) is 0.236. The molecule has 0 unspecified atom stereocenters. The number of hydrogen-bond donors (Lipinski definition) is 0. The van der Waals surface area contributed by atoms with E-state index < -0.39 is 0 Å². The van der Waals surface area contributed by atoms with Gasteiger partial charge in [-0.3, -0.25) is 4.79 Å². The van der Waals surface area contributed by atoms with Crippen molar-refractivity contribution in [3.05, 3.63) is 59.4 Å². The molecule has 0 saturated carbocycles. The first-order chi connectivity index (χ1) is 9.17. The van der Waals surface area contributed by atoms with Crippen molar-refractivity contribution in [3.8, 4) is 11.5 Å². The molecule has 0 atom stereocenters. The van der Waals surface area contributed by atoms with E-state index in [4.69, 9.17) is 9.47 Å². The minimum Gasteiger partial charge on any atom is -0.493 e. The Bertz CT molecular complexity index is 591. The van der Waals surface area contributed by atoms with E-state index in [2.05, 4.69) is 0 Å².